The molecule has 0 aliphatic rings. The maximum absolute atomic E-state index is 5.70. The van der Waals surface area contributed by atoms with Gasteiger partial charge in [-0.2, -0.15) is 0 Å². The highest BCUT2D eigenvalue weighted by Gasteiger charge is 1.99. The summed E-state index contributed by atoms with van der Waals surface area (Å²) in [6.07, 6.45) is 2.76. The molecule has 0 atom stereocenters. The highest BCUT2D eigenvalue weighted by Crippen LogP contribution is 2.12. The van der Waals surface area contributed by atoms with Crippen molar-refractivity contribution >= 4 is 11.3 Å². The van der Waals surface area contributed by atoms with E-state index >= 15 is 0 Å². The molecule has 0 unspecified atom stereocenters. The molecule has 0 saturated carbocycles. The molecule has 108 valence electrons. The van der Waals surface area contributed by atoms with Crippen LogP contribution in [0, 0.1) is 5.92 Å². The molecule has 2 aromatic rings. The van der Waals surface area contributed by atoms with Gasteiger partial charge in [-0.05, 0) is 36.0 Å². The van der Waals surface area contributed by atoms with Crippen LogP contribution in [-0.2, 0) is 13.0 Å². The lowest BCUT2D eigenvalue weighted by atomic mass is 10.2. The fourth-order valence-corrected chi connectivity index (χ4v) is 2.50. The number of hydrogen-bond donors (Lipinski definition) is 1. The first-order valence-electron chi connectivity index (χ1n) is 7.05. The number of nitrogens with one attached hydrogen (secondary N) is 1. The van der Waals surface area contributed by atoms with Crippen LogP contribution < -0.4 is 10.1 Å². The number of aromatic nitrogens is 1. The summed E-state index contributed by atoms with van der Waals surface area (Å²) in [5, 5.41) is 5.47. The van der Waals surface area contributed by atoms with Crippen LogP contribution in [0.25, 0.3) is 0 Å². The van der Waals surface area contributed by atoms with Crippen molar-refractivity contribution in [1.29, 1.82) is 0 Å². The summed E-state index contributed by atoms with van der Waals surface area (Å²) < 4.78 is 5.70. The second-order valence-corrected chi connectivity index (χ2v) is 6.22. The van der Waals surface area contributed by atoms with E-state index < -0.39 is 0 Å². The van der Waals surface area contributed by atoms with Crippen molar-refractivity contribution in [2.75, 3.05) is 13.2 Å². The van der Waals surface area contributed by atoms with Crippen LogP contribution >= 0.6 is 11.3 Å². The Kier molecular flexibility index (Phi) is 6.02. The van der Waals surface area contributed by atoms with Crippen molar-refractivity contribution in [3.63, 3.8) is 0 Å². The van der Waals surface area contributed by atoms with Crippen molar-refractivity contribution in [2.45, 2.75) is 26.8 Å². The van der Waals surface area contributed by atoms with Gasteiger partial charge in [0.05, 0.1) is 18.5 Å². The van der Waals surface area contributed by atoms with Gasteiger partial charge in [0.2, 0.25) is 0 Å². The van der Waals surface area contributed by atoms with Gasteiger partial charge in [-0.15, -0.1) is 11.3 Å². The van der Waals surface area contributed by atoms with Gasteiger partial charge < -0.3 is 10.1 Å². The SMILES string of the molecule is CC(C)CNCc1ccc(OCCc2cccs2)cn1. The third-order valence-electron chi connectivity index (χ3n) is 2.85. The van der Waals surface area contributed by atoms with E-state index in [1.54, 1.807) is 17.5 Å². The smallest absolute Gasteiger partial charge is 0.137 e. The standard InChI is InChI=1S/C16H22N2OS/c1-13(2)10-17-11-14-5-6-15(12-18-14)19-8-7-16-4-3-9-20-16/h3-6,9,12-13,17H,7-8,10-11H2,1-2H3. The van der Waals surface area contributed by atoms with Gasteiger partial charge in [0.15, 0.2) is 0 Å². The molecule has 0 saturated heterocycles. The number of pyridine rings is 1. The summed E-state index contributed by atoms with van der Waals surface area (Å²) in [6, 6.07) is 8.22. The molecule has 2 heterocycles. The molecule has 0 fully saturated rings. The number of nitrogens with zero attached hydrogens (tertiary/aromatic N) is 1. The Morgan fingerprint density at radius 3 is 2.85 bits per heavy atom. The van der Waals surface area contributed by atoms with Crippen LogP contribution in [0.5, 0.6) is 5.75 Å². The van der Waals surface area contributed by atoms with Gasteiger partial charge in [0.25, 0.3) is 0 Å². The molecule has 20 heavy (non-hydrogen) atoms. The average molecular weight is 290 g/mol. The summed E-state index contributed by atoms with van der Waals surface area (Å²) in [5.41, 5.74) is 1.05. The van der Waals surface area contributed by atoms with Gasteiger partial charge in [-0.1, -0.05) is 19.9 Å². The number of thiophene rings is 1. The van der Waals surface area contributed by atoms with Crippen molar-refractivity contribution in [3.05, 3.63) is 46.4 Å². The molecule has 0 aliphatic heterocycles. The Hall–Kier alpha value is -1.39. The number of hydrogen-bond acceptors (Lipinski definition) is 4. The largest absolute Gasteiger partial charge is 0.492 e. The summed E-state index contributed by atoms with van der Waals surface area (Å²) >= 11 is 1.77. The predicted molar refractivity (Wildman–Crippen MR) is 84.3 cm³/mol. The van der Waals surface area contributed by atoms with E-state index in [0.29, 0.717) is 12.5 Å². The molecule has 4 heteroatoms. The lowest BCUT2D eigenvalue weighted by molar-refractivity contribution is 0.321. The maximum Gasteiger partial charge on any atom is 0.137 e. The van der Waals surface area contributed by atoms with Crippen LogP contribution in [0.1, 0.15) is 24.4 Å². The first-order chi connectivity index (χ1) is 9.74. The molecule has 3 nitrogen and oxygen atoms in total. The van der Waals surface area contributed by atoms with Gasteiger partial charge >= 0.3 is 0 Å². The normalized spacial score (nSPS) is 10.9. The molecule has 0 amide bonds. The van der Waals surface area contributed by atoms with Gasteiger partial charge in [-0.3, -0.25) is 4.98 Å². The molecule has 0 bridgehead atoms. The third-order valence-corrected chi connectivity index (χ3v) is 3.79. The monoisotopic (exact) mass is 290 g/mol. The van der Waals surface area contributed by atoms with Gasteiger partial charge in [0.1, 0.15) is 5.75 Å². The summed E-state index contributed by atoms with van der Waals surface area (Å²) in [5.74, 6) is 1.50. The van der Waals surface area contributed by atoms with E-state index in [-0.39, 0.29) is 0 Å². The second kappa shape index (κ2) is 8.02. The average Bonchev–Trinajstić information content (AvgIpc) is 2.93. The second-order valence-electron chi connectivity index (χ2n) is 5.19. The predicted octanol–water partition coefficient (Wildman–Crippen LogP) is 3.51. The minimum Gasteiger partial charge on any atom is -0.492 e. The van der Waals surface area contributed by atoms with Crippen molar-refractivity contribution in [1.82, 2.24) is 10.3 Å². The van der Waals surface area contributed by atoms with Crippen LogP contribution in [0.15, 0.2) is 35.8 Å². The van der Waals surface area contributed by atoms with Crippen LogP contribution in [0.3, 0.4) is 0 Å². The van der Waals surface area contributed by atoms with E-state index in [9.17, 15) is 0 Å². The van der Waals surface area contributed by atoms with Gasteiger partial charge in [-0.25, -0.2) is 0 Å². The number of rotatable bonds is 8. The van der Waals surface area contributed by atoms with Crippen LogP contribution in [0.2, 0.25) is 0 Å². The van der Waals surface area contributed by atoms with E-state index in [2.05, 4.69) is 41.7 Å². The maximum atomic E-state index is 5.70. The molecule has 2 aromatic heterocycles. The van der Waals surface area contributed by atoms with E-state index in [0.717, 1.165) is 31.0 Å². The first kappa shape index (κ1) is 15.0. The molecule has 0 aliphatic carbocycles. The highest BCUT2D eigenvalue weighted by atomic mass is 32.1. The zero-order chi connectivity index (χ0) is 14.2. The summed E-state index contributed by atoms with van der Waals surface area (Å²) in [7, 11) is 0. The minimum absolute atomic E-state index is 0.662. The lowest BCUT2D eigenvalue weighted by Crippen LogP contribution is -2.19. The fourth-order valence-electron chi connectivity index (χ4n) is 1.81. The molecular weight excluding hydrogens is 268 g/mol. The molecular formula is C16H22N2OS. The Labute approximate surface area is 125 Å². The summed E-state index contributed by atoms with van der Waals surface area (Å²) in [4.78, 5) is 5.76. The van der Waals surface area contributed by atoms with Crippen molar-refractivity contribution in [3.8, 4) is 5.75 Å². The third kappa shape index (κ3) is 5.31. The van der Waals surface area contributed by atoms with Crippen LogP contribution in [-0.4, -0.2) is 18.1 Å². The molecule has 0 radical (unpaired) electrons. The number of ether oxygens (including phenoxy) is 1. The quantitative estimate of drug-likeness (QED) is 0.808. The zero-order valence-corrected chi connectivity index (χ0v) is 13.0. The van der Waals surface area contributed by atoms with Crippen LogP contribution in [0.4, 0.5) is 0 Å². The Morgan fingerprint density at radius 1 is 1.30 bits per heavy atom. The molecule has 0 aromatic carbocycles. The van der Waals surface area contributed by atoms with Crippen molar-refractivity contribution in [2.24, 2.45) is 5.92 Å². The Bertz CT molecular complexity index is 480. The molecule has 1 N–H and O–H groups in total. The highest BCUT2D eigenvalue weighted by molar-refractivity contribution is 7.09. The topological polar surface area (TPSA) is 34.1 Å². The first-order valence-corrected chi connectivity index (χ1v) is 7.93. The van der Waals surface area contributed by atoms with Gasteiger partial charge in [0, 0.05) is 17.8 Å². The van der Waals surface area contributed by atoms with E-state index in [1.807, 2.05) is 12.1 Å². The Morgan fingerprint density at radius 2 is 2.20 bits per heavy atom. The van der Waals surface area contributed by atoms with Crippen molar-refractivity contribution < 1.29 is 4.74 Å². The van der Waals surface area contributed by atoms with E-state index in [1.165, 1.54) is 4.88 Å². The Balaban J connectivity index is 1.71. The molecule has 0 spiro atoms. The van der Waals surface area contributed by atoms with E-state index in [4.69, 9.17) is 4.74 Å². The fraction of sp³-hybridized carbons (Fsp3) is 0.438. The zero-order valence-electron chi connectivity index (χ0n) is 12.1. The molecule has 2 rings (SSSR count). The minimum atomic E-state index is 0.662. The lowest BCUT2D eigenvalue weighted by Gasteiger charge is -2.08. The summed E-state index contributed by atoms with van der Waals surface area (Å²) in [6.45, 7) is 6.93.